The second kappa shape index (κ2) is 16.0. The molecule has 5 aromatic carbocycles. The van der Waals surface area contributed by atoms with Crippen LogP contribution in [0.4, 0.5) is 34.1 Å². The summed E-state index contributed by atoms with van der Waals surface area (Å²) in [7, 11) is -4.28. The third-order valence-corrected chi connectivity index (χ3v) is 11.2. The highest BCUT2D eigenvalue weighted by molar-refractivity contribution is 7.94. The largest absolute Gasteiger partial charge is 0.506 e. The Bertz CT molecular complexity index is 2470. The summed E-state index contributed by atoms with van der Waals surface area (Å²) in [5, 5.41) is 43.5. The normalized spacial score (nSPS) is 12.0. The smallest absolute Gasteiger partial charge is 0.258 e. The number of aromatic hydroxyl groups is 2. The van der Waals surface area contributed by atoms with Crippen molar-refractivity contribution >= 4 is 70.5 Å². The van der Waals surface area contributed by atoms with E-state index in [0.29, 0.717) is 33.5 Å². The van der Waals surface area contributed by atoms with Gasteiger partial charge < -0.3 is 25.2 Å². The number of rotatable bonds is 14. The van der Waals surface area contributed by atoms with Gasteiger partial charge >= 0.3 is 0 Å². The van der Waals surface area contributed by atoms with Gasteiger partial charge in [-0.3, -0.25) is 4.79 Å². The van der Waals surface area contributed by atoms with E-state index in [0.717, 1.165) is 11.5 Å². The predicted molar refractivity (Wildman–Crippen MR) is 204 cm³/mol. The Morgan fingerprint density at radius 2 is 1.58 bits per heavy atom. The third kappa shape index (κ3) is 8.51. The second-order valence-corrected chi connectivity index (χ2v) is 15.7. The van der Waals surface area contributed by atoms with Crippen LogP contribution in [0.15, 0.2) is 128 Å². The third-order valence-electron chi connectivity index (χ3n) is 8.16. The molecule has 3 N–H and O–H groups in total. The van der Waals surface area contributed by atoms with Gasteiger partial charge in [0.1, 0.15) is 33.5 Å². The van der Waals surface area contributed by atoms with E-state index in [4.69, 9.17) is 4.74 Å². The summed E-state index contributed by atoms with van der Waals surface area (Å²) in [5.74, 6) is -1.64. The molecule has 0 saturated carbocycles. The first-order valence-corrected chi connectivity index (χ1v) is 19.4. The van der Waals surface area contributed by atoms with Crippen LogP contribution >= 0.6 is 0 Å². The average molecular weight is 757 g/mol. The van der Waals surface area contributed by atoms with Crippen LogP contribution in [0.1, 0.15) is 17.3 Å². The Kier molecular flexibility index (Phi) is 11.5. The number of benzene rings is 5. The summed E-state index contributed by atoms with van der Waals surface area (Å²) < 4.78 is 54.4. The van der Waals surface area contributed by atoms with Crippen molar-refractivity contribution in [2.45, 2.75) is 11.8 Å². The van der Waals surface area contributed by atoms with E-state index >= 15 is 0 Å². The quantitative estimate of drug-likeness (QED) is 0.0936. The molecule has 0 atom stereocenters. The van der Waals surface area contributed by atoms with Gasteiger partial charge in [0.15, 0.2) is 25.4 Å². The van der Waals surface area contributed by atoms with Gasteiger partial charge in [0, 0.05) is 53.2 Å². The van der Waals surface area contributed by atoms with Crippen LogP contribution in [0.2, 0.25) is 0 Å². The number of amides is 1. The van der Waals surface area contributed by atoms with Gasteiger partial charge in [-0.15, -0.1) is 15.3 Å². The van der Waals surface area contributed by atoms with Gasteiger partial charge in [-0.2, -0.15) is 5.11 Å². The molecule has 1 amide bonds. The molecule has 14 nitrogen and oxygen atoms in total. The number of carbonyl (C=O) groups excluding carboxylic acids is 1. The number of anilines is 2. The number of ether oxygens (including phenoxy) is 1. The van der Waals surface area contributed by atoms with Crippen LogP contribution in [0.5, 0.6) is 17.2 Å². The molecule has 0 heterocycles. The molecule has 0 radical (unpaired) electrons. The van der Waals surface area contributed by atoms with Crippen molar-refractivity contribution < 1.29 is 36.6 Å². The zero-order chi connectivity index (χ0) is 38.3. The van der Waals surface area contributed by atoms with Crippen molar-refractivity contribution in [1.29, 1.82) is 0 Å². The number of phenolic OH excluding ortho intramolecular Hbond substituents is 2. The summed E-state index contributed by atoms with van der Waals surface area (Å²) in [5.41, 5.74) is 2.04. The molecule has 16 heteroatoms. The number of nitrogens with one attached hydrogen (secondary N) is 1. The molecule has 0 bridgehead atoms. The van der Waals surface area contributed by atoms with Gasteiger partial charge in [-0.1, -0.05) is 37.8 Å². The average Bonchev–Trinajstić information content (AvgIpc) is 3.17. The number of phenols is 2. The Morgan fingerprint density at radius 3 is 2.26 bits per heavy atom. The van der Waals surface area contributed by atoms with E-state index in [2.05, 4.69) is 32.4 Å². The van der Waals surface area contributed by atoms with Gasteiger partial charge in [0.2, 0.25) is 0 Å². The molecule has 0 aliphatic rings. The molecule has 5 aromatic rings. The number of hydrogen-bond acceptors (Lipinski definition) is 13. The molecule has 0 aliphatic carbocycles. The van der Waals surface area contributed by atoms with Gasteiger partial charge in [-0.05, 0) is 54.6 Å². The van der Waals surface area contributed by atoms with Crippen molar-refractivity contribution in [2.75, 3.05) is 42.4 Å². The summed E-state index contributed by atoms with van der Waals surface area (Å²) in [6.45, 7) is 4.73. The fraction of sp³-hybridized carbons (Fsp3) is 0.162. The number of fused-ring (bicyclic) bond motifs is 1. The Hall–Kier alpha value is -6.13. The maximum atomic E-state index is 13.7. The monoisotopic (exact) mass is 756 g/mol. The van der Waals surface area contributed by atoms with E-state index in [1.165, 1.54) is 31.1 Å². The minimum atomic E-state index is -3.70. The molecule has 0 spiro atoms. The zero-order valence-corrected chi connectivity index (χ0v) is 30.6. The minimum absolute atomic E-state index is 0.0154. The first kappa shape index (κ1) is 38.1. The summed E-state index contributed by atoms with van der Waals surface area (Å²) in [6, 6.07) is 23.9. The molecule has 53 heavy (non-hydrogen) atoms. The van der Waals surface area contributed by atoms with E-state index in [1.54, 1.807) is 79.8 Å². The minimum Gasteiger partial charge on any atom is -0.506 e. The molecule has 0 aliphatic heterocycles. The number of methoxy groups -OCH3 is 1. The zero-order valence-electron chi connectivity index (χ0n) is 29.0. The van der Waals surface area contributed by atoms with E-state index in [1.807, 2.05) is 0 Å². The lowest BCUT2D eigenvalue weighted by Crippen LogP contribution is -2.35. The van der Waals surface area contributed by atoms with Crippen LogP contribution in [-0.4, -0.2) is 65.2 Å². The molecule has 0 fully saturated rings. The second-order valence-electron chi connectivity index (χ2n) is 11.4. The molecular weight excluding hydrogens is 721 g/mol. The Balaban J connectivity index is 1.46. The summed E-state index contributed by atoms with van der Waals surface area (Å²) >= 11 is 0. The van der Waals surface area contributed by atoms with Gasteiger partial charge in [-0.25, -0.2) is 16.8 Å². The van der Waals surface area contributed by atoms with Crippen LogP contribution < -0.4 is 15.0 Å². The summed E-state index contributed by atoms with van der Waals surface area (Å²) in [6.07, 6.45) is 0. The lowest BCUT2D eigenvalue weighted by atomic mass is 10.1. The first-order valence-electron chi connectivity index (χ1n) is 16.1. The number of para-hydroxylation sites is 1. The standard InChI is InChI=1S/C37H36N6O8S2/c1-5-52(47,48)20-19-43(26-13-8-7-9-14-26)37(46)24-11-10-12-25(21-24)39-42-35-27-15-18-30(36(45)28(27)16-17-29(35)38-3)40-41-31-22-33(51-4)34(23-32(31)44)53(49,50)6-2/h5,7-18,21-23,38,44-45H,1,6,19-20H2,2-4H3. The fourth-order valence-corrected chi connectivity index (χ4v) is 6.91. The molecule has 0 aromatic heterocycles. The SMILES string of the molecule is C=CS(=O)(=O)CCN(C(=O)c1cccc(N=Nc2c(NC)ccc3c(O)c(N=Nc4cc(OC)c(S(=O)(=O)CC)cc4O)ccc23)c1)c1ccccc1. The van der Waals surface area contributed by atoms with Crippen LogP contribution in [0, 0.1) is 0 Å². The molecule has 5 rings (SSSR count). The molecule has 274 valence electrons. The maximum absolute atomic E-state index is 13.7. The molecular formula is C37H36N6O8S2. The number of carbonyl (C=O) groups is 1. The number of nitrogens with zero attached hydrogens (tertiary/aromatic N) is 5. The van der Waals surface area contributed by atoms with Crippen molar-refractivity contribution in [2.24, 2.45) is 20.5 Å². The van der Waals surface area contributed by atoms with Crippen molar-refractivity contribution in [3.63, 3.8) is 0 Å². The highest BCUT2D eigenvalue weighted by atomic mass is 32.2. The predicted octanol–water partition coefficient (Wildman–Crippen LogP) is 8.13. The lowest BCUT2D eigenvalue weighted by molar-refractivity contribution is 0.0988. The van der Waals surface area contributed by atoms with Crippen molar-refractivity contribution in [1.82, 2.24) is 0 Å². The molecule has 0 saturated heterocycles. The van der Waals surface area contributed by atoms with E-state index < -0.39 is 31.3 Å². The van der Waals surface area contributed by atoms with Crippen molar-refractivity contribution in [3.8, 4) is 17.2 Å². The van der Waals surface area contributed by atoms with E-state index in [9.17, 15) is 31.8 Å². The Labute approximate surface area is 306 Å². The number of azo groups is 2. The lowest BCUT2D eigenvalue weighted by Gasteiger charge is -2.22. The number of hydrogen-bond donors (Lipinski definition) is 3. The van der Waals surface area contributed by atoms with Gasteiger partial charge in [0.05, 0.1) is 30.0 Å². The van der Waals surface area contributed by atoms with Crippen molar-refractivity contribution in [3.05, 3.63) is 109 Å². The molecule has 0 unspecified atom stereocenters. The fourth-order valence-electron chi connectivity index (χ4n) is 5.26. The van der Waals surface area contributed by atoms with E-state index in [-0.39, 0.29) is 51.4 Å². The Morgan fingerprint density at radius 1 is 0.868 bits per heavy atom. The van der Waals surface area contributed by atoms with Gasteiger partial charge in [0.25, 0.3) is 5.91 Å². The first-order chi connectivity index (χ1) is 25.3. The van der Waals surface area contributed by atoms with Crippen LogP contribution in [0.3, 0.4) is 0 Å². The highest BCUT2D eigenvalue weighted by Gasteiger charge is 2.22. The highest BCUT2D eigenvalue weighted by Crippen LogP contribution is 2.44. The number of sulfone groups is 2. The topological polar surface area (TPSA) is 200 Å². The van der Waals surface area contributed by atoms with Crippen LogP contribution in [0.25, 0.3) is 10.8 Å². The maximum Gasteiger partial charge on any atom is 0.258 e. The summed E-state index contributed by atoms with van der Waals surface area (Å²) in [4.78, 5) is 14.9. The van der Waals surface area contributed by atoms with Crippen LogP contribution in [-0.2, 0) is 19.7 Å².